The van der Waals surface area contributed by atoms with Gasteiger partial charge in [0.25, 0.3) is 0 Å². The second-order valence-electron chi connectivity index (χ2n) is 5.37. The number of esters is 2. The maximum atomic E-state index is 14.9. The number of rotatable bonds is 4. The maximum absolute atomic E-state index is 14.9. The zero-order chi connectivity index (χ0) is 18.1. The SMILES string of the molecule is CC(=O)OC[C@H]1O[C@@H](n2cnc3c(Cl)ncnc32)[C@H](F)[C@@H]1OC(C)=O. The van der Waals surface area contributed by atoms with Crippen LogP contribution in [0.5, 0.6) is 0 Å². The molecule has 0 bridgehead atoms. The highest BCUT2D eigenvalue weighted by Gasteiger charge is 2.49. The van der Waals surface area contributed by atoms with Crippen LogP contribution in [0.25, 0.3) is 11.2 Å². The van der Waals surface area contributed by atoms with E-state index < -0.39 is 36.5 Å². The maximum Gasteiger partial charge on any atom is 0.303 e. The van der Waals surface area contributed by atoms with E-state index in [0.717, 1.165) is 6.92 Å². The summed E-state index contributed by atoms with van der Waals surface area (Å²) in [5, 5.41) is 0.116. The van der Waals surface area contributed by atoms with Crippen molar-refractivity contribution in [3.8, 4) is 0 Å². The molecule has 9 nitrogen and oxygen atoms in total. The van der Waals surface area contributed by atoms with E-state index in [4.69, 9.17) is 25.8 Å². The number of alkyl halides is 1. The average molecular weight is 373 g/mol. The lowest BCUT2D eigenvalue weighted by Crippen LogP contribution is -2.36. The summed E-state index contributed by atoms with van der Waals surface area (Å²) in [4.78, 5) is 34.2. The highest BCUT2D eigenvalue weighted by atomic mass is 35.5. The van der Waals surface area contributed by atoms with Crippen LogP contribution in [0.1, 0.15) is 20.1 Å². The Morgan fingerprint density at radius 3 is 2.76 bits per heavy atom. The third kappa shape index (κ3) is 3.40. The molecule has 3 rings (SSSR count). The predicted molar refractivity (Wildman–Crippen MR) is 81.3 cm³/mol. The Labute approximate surface area is 146 Å². The van der Waals surface area contributed by atoms with Crippen LogP contribution >= 0.6 is 11.6 Å². The molecule has 0 radical (unpaired) electrons. The van der Waals surface area contributed by atoms with E-state index in [1.54, 1.807) is 0 Å². The molecule has 3 heterocycles. The first-order chi connectivity index (χ1) is 11.9. The molecule has 0 spiro atoms. The van der Waals surface area contributed by atoms with Gasteiger partial charge in [0.15, 0.2) is 29.3 Å². The van der Waals surface area contributed by atoms with Crippen molar-refractivity contribution in [3.05, 3.63) is 17.8 Å². The van der Waals surface area contributed by atoms with Crippen molar-refractivity contribution in [1.29, 1.82) is 0 Å². The zero-order valence-corrected chi connectivity index (χ0v) is 14.0. The summed E-state index contributed by atoms with van der Waals surface area (Å²) in [6.45, 7) is 2.11. The summed E-state index contributed by atoms with van der Waals surface area (Å²) in [5.41, 5.74) is 0.551. The topological polar surface area (TPSA) is 105 Å². The molecule has 0 aliphatic carbocycles. The van der Waals surface area contributed by atoms with Crippen LogP contribution in [0.15, 0.2) is 12.7 Å². The van der Waals surface area contributed by atoms with Crippen molar-refractivity contribution in [3.63, 3.8) is 0 Å². The van der Waals surface area contributed by atoms with Crippen LogP contribution in [0.4, 0.5) is 4.39 Å². The Bertz CT molecular complexity index is 816. The van der Waals surface area contributed by atoms with Gasteiger partial charge in [0.1, 0.15) is 24.6 Å². The fraction of sp³-hybridized carbons (Fsp3) is 0.500. The summed E-state index contributed by atoms with van der Waals surface area (Å²) >= 11 is 5.94. The lowest BCUT2D eigenvalue weighted by Gasteiger charge is -2.18. The standard InChI is InChI=1S/C14H14ClFN4O5/c1-6(21)23-3-8-11(24-7(2)22)9(16)14(25-8)20-5-19-10-12(15)17-4-18-13(10)20/h4-5,8-9,11,14H,3H2,1-2H3/t8-,9-,11-,14-/m1/s1. The van der Waals surface area contributed by atoms with Crippen LogP contribution in [-0.4, -0.2) is 56.4 Å². The van der Waals surface area contributed by atoms with Crippen molar-refractivity contribution < 1.29 is 28.2 Å². The Balaban J connectivity index is 1.91. The van der Waals surface area contributed by atoms with E-state index in [9.17, 15) is 14.0 Å². The number of hydrogen-bond acceptors (Lipinski definition) is 8. The van der Waals surface area contributed by atoms with Crippen LogP contribution in [0, 0.1) is 0 Å². The van der Waals surface area contributed by atoms with Gasteiger partial charge in [0.2, 0.25) is 0 Å². The molecule has 1 aliphatic rings. The van der Waals surface area contributed by atoms with Crippen molar-refractivity contribution >= 4 is 34.7 Å². The molecule has 134 valence electrons. The minimum Gasteiger partial charge on any atom is -0.463 e. The van der Waals surface area contributed by atoms with Gasteiger partial charge in [0.05, 0.1) is 6.33 Å². The fourth-order valence-electron chi connectivity index (χ4n) is 2.59. The van der Waals surface area contributed by atoms with E-state index in [-0.39, 0.29) is 22.9 Å². The minimum absolute atomic E-state index is 0.116. The highest BCUT2D eigenvalue weighted by Crippen LogP contribution is 2.36. The van der Waals surface area contributed by atoms with Crippen LogP contribution in [0.2, 0.25) is 5.15 Å². The number of carbonyl (C=O) groups is 2. The third-order valence-corrected chi connectivity index (χ3v) is 3.88. The van der Waals surface area contributed by atoms with Crippen molar-refractivity contribution in [1.82, 2.24) is 19.5 Å². The van der Waals surface area contributed by atoms with Gasteiger partial charge < -0.3 is 14.2 Å². The molecule has 4 atom stereocenters. The van der Waals surface area contributed by atoms with Gasteiger partial charge in [-0.2, -0.15) is 0 Å². The molecule has 11 heteroatoms. The van der Waals surface area contributed by atoms with Gasteiger partial charge in [-0.1, -0.05) is 11.6 Å². The second kappa shape index (κ2) is 6.89. The summed E-state index contributed by atoms with van der Waals surface area (Å²) in [5.74, 6) is -1.23. The van der Waals surface area contributed by atoms with Crippen molar-refractivity contribution in [2.75, 3.05) is 6.61 Å². The van der Waals surface area contributed by atoms with Crippen molar-refractivity contribution in [2.45, 2.75) is 38.5 Å². The number of nitrogens with zero attached hydrogens (tertiary/aromatic N) is 4. The first-order valence-corrected chi connectivity index (χ1v) is 7.69. The number of fused-ring (bicyclic) bond motifs is 1. The number of imidazole rings is 1. The minimum atomic E-state index is -1.73. The summed E-state index contributed by atoms with van der Waals surface area (Å²) in [6, 6.07) is 0. The Morgan fingerprint density at radius 1 is 1.32 bits per heavy atom. The molecular weight excluding hydrogens is 359 g/mol. The molecule has 1 aliphatic heterocycles. The largest absolute Gasteiger partial charge is 0.463 e. The van der Waals surface area contributed by atoms with E-state index in [2.05, 4.69) is 15.0 Å². The van der Waals surface area contributed by atoms with E-state index in [1.165, 1.54) is 24.1 Å². The molecule has 25 heavy (non-hydrogen) atoms. The summed E-state index contributed by atoms with van der Waals surface area (Å²) < 4.78 is 31.7. The third-order valence-electron chi connectivity index (χ3n) is 3.61. The summed E-state index contributed by atoms with van der Waals surface area (Å²) in [6.07, 6.45) is -2.59. The molecule has 0 N–H and O–H groups in total. The smallest absolute Gasteiger partial charge is 0.303 e. The van der Waals surface area contributed by atoms with Crippen molar-refractivity contribution in [2.24, 2.45) is 0 Å². The van der Waals surface area contributed by atoms with Gasteiger partial charge in [-0.15, -0.1) is 0 Å². The van der Waals surface area contributed by atoms with E-state index in [1.807, 2.05) is 0 Å². The highest BCUT2D eigenvalue weighted by molar-refractivity contribution is 6.33. The molecule has 0 amide bonds. The van der Waals surface area contributed by atoms with Gasteiger partial charge in [0, 0.05) is 13.8 Å². The Kier molecular flexibility index (Phi) is 4.82. The number of carbonyl (C=O) groups excluding carboxylic acids is 2. The van der Waals surface area contributed by atoms with Gasteiger partial charge in [-0.3, -0.25) is 14.2 Å². The van der Waals surface area contributed by atoms with Crippen LogP contribution < -0.4 is 0 Å². The Hall–Kier alpha value is -2.33. The molecule has 1 saturated heterocycles. The molecule has 2 aromatic heterocycles. The lowest BCUT2D eigenvalue weighted by molar-refractivity contribution is -0.156. The Morgan fingerprint density at radius 2 is 2.08 bits per heavy atom. The van der Waals surface area contributed by atoms with Gasteiger partial charge >= 0.3 is 11.9 Å². The zero-order valence-electron chi connectivity index (χ0n) is 13.3. The first kappa shape index (κ1) is 17.5. The average Bonchev–Trinajstić information content (AvgIpc) is 3.09. The number of hydrogen-bond donors (Lipinski definition) is 0. The number of aromatic nitrogens is 4. The van der Waals surface area contributed by atoms with Crippen LogP contribution in [-0.2, 0) is 23.8 Å². The van der Waals surface area contributed by atoms with E-state index in [0.29, 0.717) is 0 Å². The fourth-order valence-corrected chi connectivity index (χ4v) is 2.77. The first-order valence-electron chi connectivity index (χ1n) is 7.31. The number of ether oxygens (including phenoxy) is 3. The monoisotopic (exact) mass is 372 g/mol. The predicted octanol–water partition coefficient (Wildman–Crippen LogP) is 1.21. The van der Waals surface area contributed by atoms with Gasteiger partial charge in [-0.25, -0.2) is 19.3 Å². The molecule has 2 aromatic rings. The lowest BCUT2D eigenvalue weighted by atomic mass is 10.1. The normalized spacial score (nSPS) is 25.9. The molecule has 0 unspecified atom stereocenters. The number of halogens is 2. The summed E-state index contributed by atoms with van der Waals surface area (Å²) in [7, 11) is 0. The molecule has 0 saturated carbocycles. The molecule has 0 aromatic carbocycles. The van der Waals surface area contributed by atoms with Crippen LogP contribution in [0.3, 0.4) is 0 Å². The quantitative estimate of drug-likeness (QED) is 0.582. The molecular formula is C14H14ClFN4O5. The van der Waals surface area contributed by atoms with Gasteiger partial charge in [-0.05, 0) is 0 Å². The van der Waals surface area contributed by atoms with E-state index >= 15 is 0 Å². The second-order valence-corrected chi connectivity index (χ2v) is 5.73. The molecule has 1 fully saturated rings.